The van der Waals surface area contributed by atoms with E-state index < -0.39 is 0 Å². The number of thiophene rings is 1. The Hall–Kier alpha value is -0.340. The third kappa shape index (κ3) is 7.06. The quantitative estimate of drug-likeness (QED) is 0.347. The van der Waals surface area contributed by atoms with Crippen molar-refractivity contribution in [3.63, 3.8) is 0 Å². The Balaban J connectivity index is 0.00000312. The lowest BCUT2D eigenvalue weighted by Crippen LogP contribution is -2.41. The Morgan fingerprint density at radius 3 is 2.76 bits per heavy atom. The summed E-state index contributed by atoms with van der Waals surface area (Å²) >= 11 is 1.77. The highest BCUT2D eigenvalue weighted by Gasteiger charge is 2.26. The van der Waals surface area contributed by atoms with Crippen LogP contribution in [0.15, 0.2) is 21.8 Å². The van der Waals surface area contributed by atoms with Crippen LogP contribution in [0.5, 0.6) is 0 Å². The average molecular weight is 478 g/mol. The smallest absolute Gasteiger partial charge is 0.193 e. The number of rotatable bonds is 8. The van der Waals surface area contributed by atoms with Gasteiger partial charge >= 0.3 is 0 Å². The first-order valence-corrected chi connectivity index (χ1v) is 10.4. The zero-order valence-corrected chi connectivity index (χ0v) is 19.3. The molecule has 1 saturated heterocycles. The molecule has 0 saturated carbocycles. The van der Waals surface area contributed by atoms with Crippen LogP contribution in [0.4, 0.5) is 0 Å². The van der Waals surface area contributed by atoms with Gasteiger partial charge in [0.05, 0.1) is 0 Å². The molecule has 0 aliphatic carbocycles. The molecule has 2 rings (SSSR count). The van der Waals surface area contributed by atoms with Crippen molar-refractivity contribution < 1.29 is 0 Å². The van der Waals surface area contributed by atoms with Crippen LogP contribution < -0.4 is 5.32 Å². The molecule has 25 heavy (non-hydrogen) atoms. The van der Waals surface area contributed by atoms with E-state index in [1.54, 1.807) is 11.3 Å². The summed E-state index contributed by atoms with van der Waals surface area (Å²) in [5.41, 5.74) is 1.40. The summed E-state index contributed by atoms with van der Waals surface area (Å²) in [6.45, 7) is 16.5. The van der Waals surface area contributed by atoms with Crippen LogP contribution >= 0.6 is 35.3 Å². The van der Waals surface area contributed by atoms with Crippen molar-refractivity contribution >= 4 is 41.3 Å². The first kappa shape index (κ1) is 22.7. The summed E-state index contributed by atoms with van der Waals surface area (Å²) in [5, 5.41) is 7.88. The van der Waals surface area contributed by atoms with Crippen molar-refractivity contribution in [1.82, 2.24) is 15.1 Å². The standard InChI is InChI=1S/C19H34N4S.HI/c1-5-20-19(21-12-16(4)18-9-11-24-15-18)23-10-8-17(14-23)13-22(6-2)7-3;/h9,11,15-17H,5-8,10,12-14H2,1-4H3,(H,20,21);1H. The number of guanidine groups is 1. The molecule has 1 aromatic rings. The van der Waals surface area contributed by atoms with Gasteiger partial charge in [-0.05, 0) is 54.7 Å². The van der Waals surface area contributed by atoms with E-state index in [0.29, 0.717) is 5.92 Å². The van der Waals surface area contributed by atoms with Gasteiger partial charge in [-0.2, -0.15) is 11.3 Å². The van der Waals surface area contributed by atoms with Gasteiger partial charge in [0.25, 0.3) is 0 Å². The molecule has 1 aliphatic heterocycles. The maximum Gasteiger partial charge on any atom is 0.193 e. The normalized spacial score (nSPS) is 19.2. The molecular weight excluding hydrogens is 443 g/mol. The summed E-state index contributed by atoms with van der Waals surface area (Å²) < 4.78 is 0. The molecule has 0 bridgehead atoms. The molecule has 6 heteroatoms. The lowest BCUT2D eigenvalue weighted by molar-refractivity contribution is 0.255. The number of nitrogens with zero attached hydrogens (tertiary/aromatic N) is 3. The second kappa shape index (κ2) is 12.1. The van der Waals surface area contributed by atoms with Crippen LogP contribution in [0.1, 0.15) is 45.6 Å². The highest BCUT2D eigenvalue weighted by Crippen LogP contribution is 2.20. The Kier molecular flexibility index (Phi) is 11.0. The molecule has 0 radical (unpaired) electrons. The first-order chi connectivity index (χ1) is 11.7. The number of likely N-dealkylation sites (tertiary alicyclic amines) is 1. The zero-order chi connectivity index (χ0) is 17.4. The van der Waals surface area contributed by atoms with Gasteiger partial charge in [0.15, 0.2) is 5.96 Å². The fourth-order valence-electron chi connectivity index (χ4n) is 3.33. The van der Waals surface area contributed by atoms with Gasteiger partial charge in [0.2, 0.25) is 0 Å². The van der Waals surface area contributed by atoms with Crippen molar-refractivity contribution in [2.24, 2.45) is 10.9 Å². The molecule has 2 atom stereocenters. The highest BCUT2D eigenvalue weighted by atomic mass is 127. The second-order valence-electron chi connectivity index (χ2n) is 6.74. The number of nitrogens with one attached hydrogen (secondary N) is 1. The van der Waals surface area contributed by atoms with Gasteiger partial charge in [0, 0.05) is 38.6 Å². The van der Waals surface area contributed by atoms with Crippen molar-refractivity contribution in [1.29, 1.82) is 0 Å². The van der Waals surface area contributed by atoms with Gasteiger partial charge in [0.1, 0.15) is 0 Å². The molecule has 1 aliphatic rings. The van der Waals surface area contributed by atoms with E-state index in [-0.39, 0.29) is 24.0 Å². The lowest BCUT2D eigenvalue weighted by Gasteiger charge is -2.24. The van der Waals surface area contributed by atoms with E-state index in [4.69, 9.17) is 4.99 Å². The van der Waals surface area contributed by atoms with Crippen molar-refractivity contribution in [3.05, 3.63) is 22.4 Å². The third-order valence-corrected chi connectivity index (χ3v) is 5.66. The maximum absolute atomic E-state index is 4.93. The molecule has 0 spiro atoms. The van der Waals surface area contributed by atoms with Crippen LogP contribution in [0.25, 0.3) is 0 Å². The van der Waals surface area contributed by atoms with Crippen molar-refractivity contribution in [3.8, 4) is 0 Å². The number of halogens is 1. The predicted octanol–water partition coefficient (Wildman–Crippen LogP) is 4.10. The first-order valence-electron chi connectivity index (χ1n) is 9.45. The Morgan fingerprint density at radius 1 is 1.40 bits per heavy atom. The molecule has 4 nitrogen and oxygen atoms in total. The molecule has 1 aromatic heterocycles. The molecule has 1 N–H and O–H groups in total. The molecular formula is C19H35IN4S. The van der Waals surface area contributed by atoms with Crippen LogP contribution in [0.3, 0.4) is 0 Å². The second-order valence-corrected chi connectivity index (χ2v) is 7.52. The van der Waals surface area contributed by atoms with E-state index in [1.807, 2.05) is 0 Å². The minimum atomic E-state index is 0. The van der Waals surface area contributed by atoms with E-state index >= 15 is 0 Å². The third-order valence-electron chi connectivity index (χ3n) is 4.96. The number of hydrogen-bond donors (Lipinski definition) is 1. The molecule has 2 heterocycles. The monoisotopic (exact) mass is 478 g/mol. The highest BCUT2D eigenvalue weighted by molar-refractivity contribution is 14.0. The Labute approximate surface area is 175 Å². The van der Waals surface area contributed by atoms with Crippen molar-refractivity contribution in [2.75, 3.05) is 45.8 Å². The Bertz CT molecular complexity index is 488. The molecule has 2 unspecified atom stereocenters. The largest absolute Gasteiger partial charge is 0.357 e. The van der Waals surface area contributed by atoms with Gasteiger partial charge in [-0.25, -0.2) is 0 Å². The van der Waals surface area contributed by atoms with E-state index in [0.717, 1.165) is 51.1 Å². The number of hydrogen-bond acceptors (Lipinski definition) is 3. The van der Waals surface area contributed by atoms with E-state index in [9.17, 15) is 0 Å². The van der Waals surface area contributed by atoms with Crippen LogP contribution in [0.2, 0.25) is 0 Å². The molecule has 0 aromatic carbocycles. The summed E-state index contributed by atoms with van der Waals surface area (Å²) in [6, 6.07) is 2.22. The Morgan fingerprint density at radius 2 is 2.16 bits per heavy atom. The molecule has 144 valence electrons. The van der Waals surface area contributed by atoms with Crippen LogP contribution in [0, 0.1) is 5.92 Å². The fourth-order valence-corrected chi connectivity index (χ4v) is 4.11. The summed E-state index contributed by atoms with van der Waals surface area (Å²) in [5.74, 6) is 2.35. The minimum absolute atomic E-state index is 0. The van der Waals surface area contributed by atoms with Gasteiger partial charge in [-0.1, -0.05) is 20.8 Å². The SMILES string of the molecule is CCNC(=NCC(C)c1ccsc1)N1CCC(CN(CC)CC)C1.I. The average Bonchev–Trinajstić information content (AvgIpc) is 3.27. The number of aliphatic imine (C=N–C) groups is 1. The van der Waals surface area contributed by atoms with Crippen LogP contribution in [-0.4, -0.2) is 61.6 Å². The van der Waals surface area contributed by atoms with Crippen LogP contribution in [-0.2, 0) is 0 Å². The fraction of sp³-hybridized carbons (Fsp3) is 0.737. The predicted molar refractivity (Wildman–Crippen MR) is 122 cm³/mol. The molecule has 1 fully saturated rings. The van der Waals surface area contributed by atoms with E-state index in [1.165, 1.54) is 18.5 Å². The minimum Gasteiger partial charge on any atom is -0.357 e. The van der Waals surface area contributed by atoms with Crippen molar-refractivity contribution in [2.45, 2.75) is 40.0 Å². The van der Waals surface area contributed by atoms with Gasteiger partial charge in [-0.15, -0.1) is 24.0 Å². The van der Waals surface area contributed by atoms with Gasteiger partial charge in [-0.3, -0.25) is 4.99 Å². The maximum atomic E-state index is 4.93. The van der Waals surface area contributed by atoms with E-state index in [2.05, 4.69) is 59.6 Å². The summed E-state index contributed by atoms with van der Waals surface area (Å²) in [4.78, 5) is 9.92. The molecule has 0 amide bonds. The lowest BCUT2D eigenvalue weighted by atomic mass is 10.1. The van der Waals surface area contributed by atoms with Gasteiger partial charge < -0.3 is 15.1 Å². The summed E-state index contributed by atoms with van der Waals surface area (Å²) in [6.07, 6.45) is 1.28. The summed E-state index contributed by atoms with van der Waals surface area (Å²) in [7, 11) is 0. The topological polar surface area (TPSA) is 30.9 Å². The zero-order valence-electron chi connectivity index (χ0n) is 16.2.